The van der Waals surface area contributed by atoms with Crippen LogP contribution in [0.1, 0.15) is 72.3 Å². The van der Waals surface area contributed by atoms with Crippen molar-refractivity contribution >= 4 is 24.8 Å². The normalized spacial score (nSPS) is 15.1. The number of phenolic OH excluding ortho intramolecular Hbond substituents is 1. The topological polar surface area (TPSA) is 86.0 Å². The SMILES string of the molecule is COc1cc(CCNCCCCCCC2c3ccc(OCc4ccccc4)c(OCc4ccccc4)c3CCC2N)ccc1O.Cl.Cl. The molecule has 0 saturated carbocycles. The quantitative estimate of drug-likeness (QED) is 0.0969. The van der Waals surface area contributed by atoms with Gasteiger partial charge in [-0.1, -0.05) is 92.1 Å². The maximum atomic E-state index is 9.78. The minimum absolute atomic E-state index is 0. The Hall–Kier alpha value is -3.42. The third-order valence-electron chi connectivity index (χ3n) is 8.82. The summed E-state index contributed by atoms with van der Waals surface area (Å²) in [7, 11) is 1.58. The summed E-state index contributed by atoms with van der Waals surface area (Å²) in [5.74, 6) is 2.72. The van der Waals surface area contributed by atoms with Crippen molar-refractivity contribution < 1.29 is 19.3 Å². The van der Waals surface area contributed by atoms with Crippen LogP contribution in [-0.2, 0) is 26.1 Å². The number of fused-ring (bicyclic) bond motifs is 1. The average Bonchev–Trinajstić information content (AvgIpc) is 3.08. The number of halogens is 2. The van der Waals surface area contributed by atoms with Crippen LogP contribution in [0.2, 0.25) is 0 Å². The van der Waals surface area contributed by atoms with E-state index < -0.39 is 0 Å². The molecule has 2 unspecified atom stereocenters. The zero-order valence-electron chi connectivity index (χ0n) is 27.4. The van der Waals surface area contributed by atoms with Gasteiger partial charge in [-0.05, 0) is 91.6 Å². The van der Waals surface area contributed by atoms with Crippen molar-refractivity contribution in [1.82, 2.24) is 5.32 Å². The fourth-order valence-electron chi connectivity index (χ4n) is 6.28. The van der Waals surface area contributed by atoms with Crippen LogP contribution in [-0.4, -0.2) is 31.3 Å². The number of unbranched alkanes of at least 4 members (excludes halogenated alkanes) is 3. The molecule has 0 bridgehead atoms. The molecule has 0 heterocycles. The molecule has 4 aromatic carbocycles. The van der Waals surface area contributed by atoms with Gasteiger partial charge in [0.2, 0.25) is 0 Å². The van der Waals surface area contributed by atoms with Crippen molar-refractivity contribution in [2.24, 2.45) is 5.73 Å². The third kappa shape index (κ3) is 11.1. The van der Waals surface area contributed by atoms with Crippen LogP contribution >= 0.6 is 24.8 Å². The van der Waals surface area contributed by atoms with Crippen molar-refractivity contribution in [2.45, 2.75) is 76.5 Å². The maximum absolute atomic E-state index is 9.78. The molecule has 0 aliphatic heterocycles. The number of rotatable bonds is 17. The van der Waals surface area contributed by atoms with Gasteiger partial charge in [0.15, 0.2) is 23.0 Å². The van der Waals surface area contributed by atoms with Crippen molar-refractivity contribution in [1.29, 1.82) is 0 Å². The Kier molecular flexibility index (Phi) is 16.2. The minimum atomic E-state index is 0. The van der Waals surface area contributed by atoms with E-state index >= 15 is 0 Å². The summed E-state index contributed by atoms with van der Waals surface area (Å²) < 4.78 is 18.1. The van der Waals surface area contributed by atoms with Gasteiger partial charge in [0, 0.05) is 11.6 Å². The highest BCUT2D eigenvalue weighted by Gasteiger charge is 2.30. The second kappa shape index (κ2) is 20.1. The summed E-state index contributed by atoms with van der Waals surface area (Å²) in [5.41, 5.74) is 12.8. The van der Waals surface area contributed by atoms with E-state index in [2.05, 4.69) is 41.7 Å². The van der Waals surface area contributed by atoms with Crippen LogP contribution in [0, 0.1) is 0 Å². The van der Waals surface area contributed by atoms with Crippen molar-refractivity contribution in [3.8, 4) is 23.0 Å². The van der Waals surface area contributed by atoms with E-state index in [-0.39, 0.29) is 36.6 Å². The fraction of sp³-hybridized carbons (Fsp3) is 0.385. The molecule has 4 N–H and O–H groups in total. The molecular weight excluding hydrogens is 631 g/mol. The molecule has 0 radical (unpaired) electrons. The lowest BCUT2D eigenvalue weighted by Crippen LogP contribution is -2.33. The van der Waals surface area contributed by atoms with Crippen molar-refractivity contribution in [3.05, 3.63) is 119 Å². The zero-order valence-corrected chi connectivity index (χ0v) is 29.0. The van der Waals surface area contributed by atoms with Crippen LogP contribution in [0.3, 0.4) is 0 Å². The fourth-order valence-corrected chi connectivity index (χ4v) is 6.28. The first kappa shape index (κ1) is 38.0. The molecule has 1 aliphatic rings. The van der Waals surface area contributed by atoms with Crippen LogP contribution < -0.4 is 25.3 Å². The van der Waals surface area contributed by atoms with Crippen molar-refractivity contribution in [3.63, 3.8) is 0 Å². The van der Waals surface area contributed by atoms with Crippen LogP contribution in [0.5, 0.6) is 23.0 Å². The summed E-state index contributed by atoms with van der Waals surface area (Å²) >= 11 is 0. The molecule has 0 saturated heterocycles. The third-order valence-corrected chi connectivity index (χ3v) is 8.82. The Morgan fingerprint density at radius 2 is 1.43 bits per heavy atom. The molecule has 0 amide bonds. The number of hydrogen-bond donors (Lipinski definition) is 3. The number of ether oxygens (including phenoxy) is 3. The van der Waals surface area contributed by atoms with Gasteiger partial charge in [-0.25, -0.2) is 0 Å². The van der Waals surface area contributed by atoms with Gasteiger partial charge in [0.25, 0.3) is 0 Å². The lowest BCUT2D eigenvalue weighted by Gasteiger charge is -2.33. The Morgan fingerprint density at radius 3 is 2.13 bits per heavy atom. The lowest BCUT2D eigenvalue weighted by molar-refractivity contribution is 0.251. The highest BCUT2D eigenvalue weighted by molar-refractivity contribution is 5.85. The lowest BCUT2D eigenvalue weighted by atomic mass is 9.76. The van der Waals surface area contributed by atoms with E-state index in [1.54, 1.807) is 13.2 Å². The minimum Gasteiger partial charge on any atom is -0.504 e. The van der Waals surface area contributed by atoms with Gasteiger partial charge in [0.1, 0.15) is 13.2 Å². The Labute approximate surface area is 292 Å². The molecule has 254 valence electrons. The predicted molar refractivity (Wildman–Crippen MR) is 196 cm³/mol. The molecule has 0 fully saturated rings. The summed E-state index contributed by atoms with van der Waals surface area (Å²) in [4.78, 5) is 0. The second-order valence-electron chi connectivity index (χ2n) is 12.0. The molecule has 6 nitrogen and oxygen atoms in total. The first-order chi connectivity index (χ1) is 22.1. The summed E-state index contributed by atoms with van der Waals surface area (Å²) in [6.45, 7) is 2.93. The molecule has 5 rings (SSSR count). The second-order valence-corrected chi connectivity index (χ2v) is 12.0. The number of methoxy groups -OCH3 is 1. The van der Waals surface area contributed by atoms with Crippen molar-refractivity contribution in [2.75, 3.05) is 20.2 Å². The van der Waals surface area contributed by atoms with E-state index in [9.17, 15) is 5.11 Å². The van der Waals surface area contributed by atoms with Crippen LogP contribution in [0.15, 0.2) is 91.0 Å². The monoisotopic (exact) mass is 680 g/mol. The number of nitrogens with two attached hydrogens (primary N) is 1. The standard InChI is InChI=1S/C39H48N2O4.2ClH/c1-43-38-26-29(17-21-36(38)42)23-25-41-24-11-3-2-10-16-33-32-19-22-37(44-27-30-12-6-4-7-13-30)39(34(32)18-20-35(33)40)45-28-31-14-8-5-9-15-31;;/h4-9,12-15,17,19,21-22,26,33,35,41-42H,2-3,10-11,16,18,20,23-25,27-28,40H2,1H3;2*1H. The smallest absolute Gasteiger partial charge is 0.165 e. The molecule has 47 heavy (non-hydrogen) atoms. The van der Waals surface area contributed by atoms with E-state index in [0.717, 1.165) is 79.8 Å². The largest absolute Gasteiger partial charge is 0.504 e. The first-order valence-corrected chi connectivity index (χ1v) is 16.4. The molecule has 2 atom stereocenters. The first-order valence-electron chi connectivity index (χ1n) is 16.4. The summed E-state index contributed by atoms with van der Waals surface area (Å²) in [6, 6.07) is 30.6. The average molecular weight is 682 g/mol. The van der Waals surface area contributed by atoms with Crippen LogP contribution in [0.25, 0.3) is 0 Å². The number of hydrogen-bond acceptors (Lipinski definition) is 6. The molecule has 0 spiro atoms. The van der Waals surface area contributed by atoms with E-state index in [0.29, 0.717) is 24.9 Å². The van der Waals surface area contributed by atoms with E-state index in [4.69, 9.17) is 19.9 Å². The predicted octanol–water partition coefficient (Wildman–Crippen LogP) is 8.54. The summed E-state index contributed by atoms with van der Waals surface area (Å²) in [5, 5.41) is 13.3. The van der Waals surface area contributed by atoms with Gasteiger partial charge >= 0.3 is 0 Å². The molecular formula is C39H50Cl2N2O4. The van der Waals surface area contributed by atoms with Gasteiger partial charge in [0.05, 0.1) is 7.11 Å². The van der Waals surface area contributed by atoms with E-state index in [1.807, 2.05) is 48.5 Å². The molecule has 0 aromatic heterocycles. The summed E-state index contributed by atoms with van der Waals surface area (Å²) in [6.07, 6.45) is 8.58. The highest BCUT2D eigenvalue weighted by Crippen LogP contribution is 2.44. The number of phenols is 1. The number of aromatic hydroxyl groups is 1. The Morgan fingerprint density at radius 1 is 0.745 bits per heavy atom. The Balaban J connectivity index is 0.00000300. The van der Waals surface area contributed by atoms with E-state index in [1.165, 1.54) is 24.0 Å². The highest BCUT2D eigenvalue weighted by atomic mass is 35.5. The Bertz CT molecular complexity index is 1470. The number of benzene rings is 4. The van der Waals surface area contributed by atoms with Crippen LogP contribution in [0.4, 0.5) is 0 Å². The molecule has 1 aliphatic carbocycles. The number of nitrogens with one attached hydrogen (secondary N) is 1. The zero-order chi connectivity index (χ0) is 31.3. The molecule has 8 heteroatoms. The van der Waals surface area contributed by atoms with Gasteiger partial charge < -0.3 is 30.4 Å². The molecule has 4 aromatic rings. The maximum Gasteiger partial charge on any atom is 0.165 e. The van der Waals surface area contributed by atoms with Gasteiger partial charge in [-0.3, -0.25) is 0 Å². The van der Waals surface area contributed by atoms with Gasteiger partial charge in [-0.2, -0.15) is 0 Å². The van der Waals surface area contributed by atoms with Gasteiger partial charge in [-0.15, -0.1) is 24.8 Å².